The Hall–Kier alpha value is -0.130. The van der Waals surface area contributed by atoms with Crippen molar-refractivity contribution in [1.82, 2.24) is 10.2 Å². The quantitative estimate of drug-likeness (QED) is 0.423. The lowest BCUT2D eigenvalue weighted by Gasteiger charge is -2.41. The monoisotopic (exact) mass is 384 g/mol. The van der Waals surface area contributed by atoms with Gasteiger partial charge in [-0.1, -0.05) is 0 Å². The van der Waals surface area contributed by atoms with Gasteiger partial charge >= 0.3 is 0 Å². The molecule has 10 heteroatoms. The molecule has 3 aliphatic rings. The van der Waals surface area contributed by atoms with Gasteiger partial charge in [-0.05, 0) is 36.6 Å². The maximum Gasteiger partial charge on any atom is 0.238 e. The lowest BCUT2D eigenvalue weighted by atomic mass is 9.98. The number of aliphatic hydroxyl groups is 2. The second-order valence-corrected chi connectivity index (χ2v) is 6.98. The molecule has 24 heavy (non-hydrogen) atoms. The van der Waals surface area contributed by atoms with Gasteiger partial charge in [0.1, 0.15) is 30.5 Å². The molecule has 2 bridgehead atoms. The normalized spacial score (nSPS) is 34.9. The third-order valence-electron chi connectivity index (χ3n) is 4.06. The van der Waals surface area contributed by atoms with Crippen LogP contribution in [0.4, 0.5) is 0 Å². The molecule has 3 saturated heterocycles. The van der Waals surface area contributed by atoms with E-state index in [-0.39, 0.29) is 12.5 Å². The second kappa shape index (κ2) is 10.1. The summed E-state index contributed by atoms with van der Waals surface area (Å²) < 4.78 is 16.7. The fourth-order valence-corrected chi connectivity index (χ4v) is 3.37. The van der Waals surface area contributed by atoms with E-state index in [4.69, 9.17) is 26.0 Å². The molecule has 3 rings (SSSR count). The Kier molecular flexibility index (Phi) is 8.52. The van der Waals surface area contributed by atoms with Gasteiger partial charge in [0.05, 0.1) is 6.61 Å². The summed E-state index contributed by atoms with van der Waals surface area (Å²) in [4.78, 5) is 14.7. The van der Waals surface area contributed by atoms with Gasteiger partial charge in [0.2, 0.25) is 5.91 Å². The van der Waals surface area contributed by atoms with E-state index in [2.05, 4.69) is 10.2 Å². The van der Waals surface area contributed by atoms with Crippen molar-refractivity contribution in [2.24, 2.45) is 0 Å². The number of fused-ring (bicyclic) bond motifs is 6. The van der Waals surface area contributed by atoms with Crippen LogP contribution in [0.1, 0.15) is 12.8 Å². The summed E-state index contributed by atoms with van der Waals surface area (Å²) >= 11 is 7.25. The first kappa shape index (κ1) is 20.2. The predicted octanol–water partition coefficient (Wildman–Crippen LogP) is -0.780. The first-order chi connectivity index (χ1) is 11.6. The summed E-state index contributed by atoms with van der Waals surface area (Å²) in [6.07, 6.45) is -1.41. The maximum atomic E-state index is 12.2. The van der Waals surface area contributed by atoms with Crippen molar-refractivity contribution in [2.75, 3.05) is 31.8 Å². The third-order valence-corrected chi connectivity index (χ3v) is 4.97. The van der Waals surface area contributed by atoms with Crippen molar-refractivity contribution >= 4 is 29.4 Å². The molecule has 1 amide bonds. The topological polar surface area (TPSA) is 109 Å². The van der Waals surface area contributed by atoms with E-state index < -0.39 is 36.7 Å². The first-order valence-corrected chi connectivity index (χ1v) is 9.73. The summed E-state index contributed by atoms with van der Waals surface area (Å²) in [6, 6.07) is -0.514. The average Bonchev–Trinajstić information content (AvgIpc) is 2.72. The van der Waals surface area contributed by atoms with Gasteiger partial charge in [0, 0.05) is 13.2 Å². The minimum absolute atomic E-state index is 0.126. The van der Waals surface area contributed by atoms with E-state index in [9.17, 15) is 15.0 Å². The largest absolute Gasteiger partial charge is 0.387 e. The van der Waals surface area contributed by atoms with Crippen molar-refractivity contribution in [3.05, 3.63) is 0 Å². The zero-order valence-electron chi connectivity index (χ0n) is 13.5. The van der Waals surface area contributed by atoms with Gasteiger partial charge in [-0.2, -0.15) is 11.8 Å². The summed E-state index contributed by atoms with van der Waals surface area (Å²) in [5.41, 5.74) is 0. The SMILES string of the molecule is CSCC[C@H](NCl)C(=O)NCC1OC2OCCCOC1C(O)C2O. The van der Waals surface area contributed by atoms with Crippen molar-refractivity contribution < 1.29 is 29.2 Å². The number of ether oxygens (including phenoxy) is 3. The van der Waals surface area contributed by atoms with E-state index in [1.54, 1.807) is 11.8 Å². The number of hydrogen-bond donors (Lipinski definition) is 4. The summed E-state index contributed by atoms with van der Waals surface area (Å²) in [5.74, 6) is 0.541. The van der Waals surface area contributed by atoms with Crippen LogP contribution in [0.25, 0.3) is 0 Å². The van der Waals surface area contributed by atoms with Gasteiger partial charge in [-0.15, -0.1) is 0 Å². The lowest BCUT2D eigenvalue weighted by molar-refractivity contribution is -0.292. The highest BCUT2D eigenvalue weighted by molar-refractivity contribution is 7.98. The van der Waals surface area contributed by atoms with E-state index in [0.29, 0.717) is 26.1 Å². The molecule has 3 heterocycles. The Morgan fingerprint density at radius 1 is 1.33 bits per heavy atom. The smallest absolute Gasteiger partial charge is 0.238 e. The van der Waals surface area contributed by atoms with Crippen molar-refractivity contribution in [1.29, 1.82) is 0 Å². The Morgan fingerprint density at radius 3 is 2.79 bits per heavy atom. The standard InChI is InChI=1S/C14H25ClN2O6S/c1-24-6-3-8(17-15)13(20)16-7-9-12-10(18)11(19)14(23-9)22-5-2-4-21-12/h8-12,14,17-19H,2-7H2,1H3,(H,16,20)/t8-,9?,10?,11?,12?,14?/m0/s1. The molecule has 4 N–H and O–H groups in total. The molecule has 5 unspecified atom stereocenters. The van der Waals surface area contributed by atoms with Gasteiger partial charge in [-0.3, -0.25) is 4.79 Å². The molecule has 0 saturated carbocycles. The summed E-state index contributed by atoms with van der Waals surface area (Å²) in [5, 5.41) is 23.0. The zero-order valence-corrected chi connectivity index (χ0v) is 15.1. The van der Waals surface area contributed by atoms with Gasteiger partial charge in [0.25, 0.3) is 0 Å². The third kappa shape index (κ3) is 5.18. The molecule has 3 aliphatic heterocycles. The number of nitrogens with one attached hydrogen (secondary N) is 2. The maximum absolute atomic E-state index is 12.2. The molecule has 0 aromatic rings. The number of hydrogen-bond acceptors (Lipinski definition) is 8. The van der Waals surface area contributed by atoms with Crippen LogP contribution in [-0.2, 0) is 19.0 Å². The molecule has 0 spiro atoms. The van der Waals surface area contributed by atoms with Gasteiger partial charge < -0.3 is 29.7 Å². The number of carbonyl (C=O) groups is 1. The zero-order chi connectivity index (χ0) is 17.5. The Labute approximate surface area is 150 Å². The fraction of sp³-hybridized carbons (Fsp3) is 0.929. The number of aliphatic hydroxyl groups excluding tert-OH is 2. The average molecular weight is 385 g/mol. The van der Waals surface area contributed by atoms with Crippen molar-refractivity contribution in [3.63, 3.8) is 0 Å². The predicted molar refractivity (Wildman–Crippen MR) is 89.8 cm³/mol. The summed E-state index contributed by atoms with van der Waals surface area (Å²) in [7, 11) is 0. The van der Waals surface area contributed by atoms with Crippen LogP contribution in [0.2, 0.25) is 0 Å². The summed E-state index contributed by atoms with van der Waals surface area (Å²) in [6.45, 7) is 0.878. The molecule has 140 valence electrons. The van der Waals surface area contributed by atoms with Gasteiger partial charge in [-0.25, -0.2) is 4.84 Å². The molecular formula is C14H25ClN2O6S. The number of halogens is 1. The van der Waals surface area contributed by atoms with Crippen LogP contribution >= 0.6 is 23.5 Å². The minimum Gasteiger partial charge on any atom is -0.387 e. The number of carbonyl (C=O) groups excluding carboxylic acids is 1. The van der Waals surface area contributed by atoms with E-state index in [0.717, 1.165) is 5.75 Å². The first-order valence-electron chi connectivity index (χ1n) is 7.96. The van der Waals surface area contributed by atoms with Crippen LogP contribution in [-0.4, -0.2) is 84.6 Å². The number of thioether (sulfide) groups is 1. The Bertz CT molecular complexity index is 405. The lowest BCUT2D eigenvalue weighted by Crippen LogP contribution is -2.61. The number of rotatable bonds is 7. The molecule has 8 nitrogen and oxygen atoms in total. The highest BCUT2D eigenvalue weighted by Gasteiger charge is 2.46. The van der Waals surface area contributed by atoms with Crippen molar-refractivity contribution in [3.8, 4) is 0 Å². The molecule has 0 aromatic carbocycles. The van der Waals surface area contributed by atoms with E-state index in [1.807, 2.05) is 6.26 Å². The molecule has 3 fully saturated rings. The van der Waals surface area contributed by atoms with Crippen LogP contribution in [0.5, 0.6) is 0 Å². The highest BCUT2D eigenvalue weighted by Crippen LogP contribution is 2.26. The number of amides is 1. The minimum atomic E-state index is -1.18. The molecule has 6 atom stereocenters. The van der Waals surface area contributed by atoms with Crippen LogP contribution < -0.4 is 10.2 Å². The van der Waals surface area contributed by atoms with Gasteiger partial charge in [0.15, 0.2) is 6.29 Å². The molecule has 0 aromatic heterocycles. The fourth-order valence-electron chi connectivity index (χ4n) is 2.69. The van der Waals surface area contributed by atoms with Crippen LogP contribution in [0.3, 0.4) is 0 Å². The van der Waals surface area contributed by atoms with Crippen LogP contribution in [0, 0.1) is 0 Å². The Balaban J connectivity index is 1.94. The van der Waals surface area contributed by atoms with E-state index >= 15 is 0 Å². The highest BCUT2D eigenvalue weighted by atomic mass is 35.5. The molecule has 0 radical (unpaired) electrons. The van der Waals surface area contributed by atoms with Crippen molar-refractivity contribution in [2.45, 2.75) is 49.6 Å². The van der Waals surface area contributed by atoms with E-state index in [1.165, 1.54) is 0 Å². The molecule has 0 aliphatic carbocycles. The van der Waals surface area contributed by atoms with Crippen LogP contribution in [0.15, 0.2) is 0 Å². The Morgan fingerprint density at radius 2 is 2.08 bits per heavy atom. The second-order valence-electron chi connectivity index (χ2n) is 5.77. The molecular weight excluding hydrogens is 360 g/mol.